The van der Waals surface area contributed by atoms with Gasteiger partial charge >= 0.3 is 6.09 Å². The number of methoxy groups -OCH3 is 1. The van der Waals surface area contributed by atoms with E-state index < -0.39 is 6.09 Å². The van der Waals surface area contributed by atoms with Gasteiger partial charge < -0.3 is 18.6 Å². The molecule has 6 rings (SSSR count). The molecule has 0 spiro atoms. The van der Waals surface area contributed by atoms with Crippen LogP contribution in [0.1, 0.15) is 62.8 Å². The van der Waals surface area contributed by atoms with E-state index in [9.17, 15) is 4.79 Å². The number of aryl methyl sites for hydroxylation is 2. The number of carbonyl (C=O) groups is 1. The van der Waals surface area contributed by atoms with Crippen LogP contribution in [0.25, 0.3) is 22.2 Å². The fourth-order valence-electron chi connectivity index (χ4n) is 6.00. The summed E-state index contributed by atoms with van der Waals surface area (Å²) in [5.74, 6) is 1.60. The van der Waals surface area contributed by atoms with Crippen LogP contribution in [0.2, 0.25) is 5.02 Å². The van der Waals surface area contributed by atoms with Gasteiger partial charge in [-0.2, -0.15) is 0 Å². The number of carbonyl (C=O) groups excluding carboxylic acids is 1. The van der Waals surface area contributed by atoms with Gasteiger partial charge in [0.05, 0.1) is 30.8 Å². The number of cyclic esters (lactones) is 1. The normalized spacial score (nSPS) is 22.5. The molecule has 1 aliphatic carbocycles. The monoisotopic (exact) mass is 535 g/mol. The van der Waals surface area contributed by atoms with E-state index in [2.05, 4.69) is 27.9 Å². The van der Waals surface area contributed by atoms with E-state index in [1.54, 1.807) is 17.0 Å². The number of hydrogen-bond donors (Lipinski definition) is 0. The maximum atomic E-state index is 13.2. The van der Waals surface area contributed by atoms with E-state index in [4.69, 9.17) is 32.0 Å². The Morgan fingerprint density at radius 3 is 2.68 bits per heavy atom. The number of aromatic nitrogens is 3. The van der Waals surface area contributed by atoms with Crippen LogP contribution >= 0.6 is 11.6 Å². The third kappa shape index (κ3) is 4.35. The van der Waals surface area contributed by atoms with E-state index in [0.29, 0.717) is 23.7 Å². The van der Waals surface area contributed by atoms with Crippen molar-refractivity contribution in [1.82, 2.24) is 14.7 Å². The first kappa shape index (κ1) is 23.7. The number of anilines is 1. The van der Waals surface area contributed by atoms with Crippen molar-refractivity contribution in [1.29, 1.82) is 0 Å². The molecule has 4 aromatic rings. The lowest BCUT2D eigenvalue weighted by Crippen LogP contribution is -2.42. The summed E-state index contributed by atoms with van der Waals surface area (Å²) in [4.78, 5) is 20.0. The molecule has 2 aliphatic rings. The Bertz CT molecular complexity index is 1490. The van der Waals surface area contributed by atoms with Crippen LogP contribution < -0.4 is 4.90 Å². The molecule has 2 fully saturated rings. The molecule has 1 saturated carbocycles. The van der Waals surface area contributed by atoms with Gasteiger partial charge in [-0.25, -0.2) is 9.78 Å². The minimum Gasteiger partial charge on any atom is -0.449 e. The van der Waals surface area contributed by atoms with Gasteiger partial charge in [0.15, 0.2) is 0 Å². The van der Waals surface area contributed by atoms with E-state index in [1.165, 1.54) is 0 Å². The molecule has 1 saturated heterocycles. The molecule has 2 aromatic carbocycles. The number of ether oxygens (including phenoxy) is 2. The average molecular weight is 536 g/mol. The number of halogens is 1. The van der Waals surface area contributed by atoms with Crippen LogP contribution in [0, 0.1) is 13.8 Å². The maximum Gasteiger partial charge on any atom is 0.414 e. The molecule has 38 heavy (non-hydrogen) atoms. The lowest BCUT2D eigenvalue weighted by Gasteiger charge is -2.37. The second-order valence-electron chi connectivity index (χ2n) is 10.1. The molecule has 1 aliphatic heterocycles. The third-order valence-corrected chi connectivity index (χ3v) is 8.03. The van der Waals surface area contributed by atoms with Crippen molar-refractivity contribution in [3.8, 4) is 11.1 Å². The number of hydrogen-bond acceptors (Lipinski definition) is 6. The van der Waals surface area contributed by atoms with Gasteiger partial charge in [-0.05, 0) is 75.4 Å². The van der Waals surface area contributed by atoms with Crippen molar-refractivity contribution in [3.63, 3.8) is 0 Å². The standard InChI is InChI=1S/C29H31ClN4O4/c1-17-27(18(2)38-32-17)19-7-12-25-24(15-19)31-28(33(25)21-8-10-23(36-3)11-9-21)26-13-14-37-29(35)34(26)22-6-4-5-20(30)16-22/h4-7,12,15-16,21,23,26H,8-11,13-14H2,1-3H3/t21-,23-,26-/m0/s1/i3D. The fraction of sp³-hybridized carbons (Fsp3) is 0.414. The fourth-order valence-corrected chi connectivity index (χ4v) is 6.18. The first-order valence-electron chi connectivity index (χ1n) is 13.7. The number of rotatable bonds is 5. The van der Waals surface area contributed by atoms with Gasteiger partial charge in [0, 0.05) is 35.8 Å². The first-order valence-corrected chi connectivity index (χ1v) is 13.4. The van der Waals surface area contributed by atoms with E-state index in [0.717, 1.165) is 65.1 Å². The topological polar surface area (TPSA) is 82.6 Å². The molecule has 8 nitrogen and oxygen atoms in total. The maximum absolute atomic E-state index is 13.2. The lowest BCUT2D eigenvalue weighted by atomic mass is 9.92. The van der Waals surface area contributed by atoms with Crippen molar-refractivity contribution in [2.45, 2.75) is 64.1 Å². The number of imidazole rings is 1. The minimum absolute atomic E-state index is 0.0160. The Labute approximate surface area is 227 Å². The summed E-state index contributed by atoms with van der Waals surface area (Å²) in [6, 6.07) is 13.5. The summed E-state index contributed by atoms with van der Waals surface area (Å²) in [5.41, 5.74) is 5.37. The molecule has 9 heteroatoms. The van der Waals surface area contributed by atoms with Gasteiger partial charge in [-0.15, -0.1) is 0 Å². The molecule has 0 unspecified atom stereocenters. The Hall–Kier alpha value is -3.36. The van der Waals surface area contributed by atoms with Gasteiger partial charge in [0.1, 0.15) is 17.6 Å². The van der Waals surface area contributed by atoms with Crippen LogP contribution in [0.15, 0.2) is 47.0 Å². The number of fused-ring (bicyclic) bond motifs is 1. The minimum atomic E-state index is -0.406. The Kier molecular flexibility index (Phi) is 6.29. The summed E-state index contributed by atoms with van der Waals surface area (Å²) in [6.07, 6.45) is 3.88. The Balaban J connectivity index is 1.48. The summed E-state index contributed by atoms with van der Waals surface area (Å²) < 4.78 is 26.3. The molecule has 198 valence electrons. The van der Waals surface area contributed by atoms with Crippen LogP contribution in [-0.2, 0) is 9.47 Å². The quantitative estimate of drug-likeness (QED) is 0.269. The molecule has 0 radical (unpaired) electrons. The number of amides is 1. The third-order valence-electron chi connectivity index (χ3n) is 7.79. The van der Waals surface area contributed by atoms with E-state index in [-0.39, 0.29) is 25.3 Å². The Morgan fingerprint density at radius 1 is 1.11 bits per heavy atom. The summed E-state index contributed by atoms with van der Waals surface area (Å²) in [7, 11) is -0.0160. The van der Waals surface area contributed by atoms with Crippen molar-refractivity contribution in [2.75, 3.05) is 18.6 Å². The molecule has 0 N–H and O–H groups in total. The molecule has 1 atom stereocenters. The molecule has 0 bridgehead atoms. The predicted octanol–water partition coefficient (Wildman–Crippen LogP) is 7.18. The highest BCUT2D eigenvalue weighted by Crippen LogP contribution is 2.41. The highest BCUT2D eigenvalue weighted by molar-refractivity contribution is 6.30. The van der Waals surface area contributed by atoms with E-state index in [1.807, 2.05) is 26.0 Å². The highest BCUT2D eigenvalue weighted by atomic mass is 35.5. The largest absolute Gasteiger partial charge is 0.449 e. The summed E-state index contributed by atoms with van der Waals surface area (Å²) in [5, 5.41) is 4.68. The predicted molar refractivity (Wildman–Crippen MR) is 146 cm³/mol. The first-order chi connectivity index (χ1) is 18.9. The summed E-state index contributed by atoms with van der Waals surface area (Å²) in [6.45, 7) is 4.17. The zero-order valence-corrected chi connectivity index (χ0v) is 22.3. The average Bonchev–Trinajstić information content (AvgIpc) is 3.47. The molecular formula is C29H31ClN4O4. The molecule has 2 aromatic heterocycles. The second-order valence-corrected chi connectivity index (χ2v) is 10.5. The van der Waals surface area contributed by atoms with Crippen molar-refractivity contribution < 1.29 is 20.2 Å². The SMILES string of the molecule is [2H]CO[C@H]1CC[C@H](n2c([C@@H]3CCOC(=O)N3c3cccc(Cl)c3)nc3cc(-c4c(C)noc4C)ccc32)CC1. The van der Waals surface area contributed by atoms with Gasteiger partial charge in [-0.3, -0.25) is 4.90 Å². The van der Waals surface area contributed by atoms with Gasteiger partial charge in [0.25, 0.3) is 0 Å². The molecule has 3 heterocycles. The van der Waals surface area contributed by atoms with Gasteiger partial charge in [0.2, 0.25) is 0 Å². The number of benzene rings is 2. The lowest BCUT2D eigenvalue weighted by molar-refractivity contribution is 0.0582. The van der Waals surface area contributed by atoms with Crippen molar-refractivity contribution in [2.24, 2.45) is 0 Å². The molecule has 1 amide bonds. The smallest absolute Gasteiger partial charge is 0.414 e. The van der Waals surface area contributed by atoms with E-state index >= 15 is 0 Å². The van der Waals surface area contributed by atoms with Crippen LogP contribution in [0.3, 0.4) is 0 Å². The van der Waals surface area contributed by atoms with Crippen LogP contribution in [0.5, 0.6) is 0 Å². The van der Waals surface area contributed by atoms with Crippen LogP contribution in [-0.4, -0.2) is 40.6 Å². The van der Waals surface area contributed by atoms with Crippen LogP contribution in [0.4, 0.5) is 10.5 Å². The molecular weight excluding hydrogens is 504 g/mol. The van der Waals surface area contributed by atoms with Crippen molar-refractivity contribution in [3.05, 3.63) is 64.8 Å². The second kappa shape index (κ2) is 10.1. The van der Waals surface area contributed by atoms with Crippen molar-refractivity contribution >= 4 is 34.4 Å². The Morgan fingerprint density at radius 2 is 1.95 bits per heavy atom. The summed E-state index contributed by atoms with van der Waals surface area (Å²) >= 11 is 6.32. The number of nitrogens with zero attached hydrogens (tertiary/aromatic N) is 4. The zero-order valence-electron chi connectivity index (χ0n) is 22.5. The zero-order chi connectivity index (χ0) is 27.1. The highest BCUT2D eigenvalue weighted by Gasteiger charge is 2.37. The van der Waals surface area contributed by atoms with Gasteiger partial charge in [-0.1, -0.05) is 28.9 Å².